The van der Waals surface area contributed by atoms with Crippen molar-refractivity contribution in [2.24, 2.45) is 50.2 Å². The van der Waals surface area contributed by atoms with Crippen molar-refractivity contribution in [1.29, 1.82) is 5.26 Å². The highest BCUT2D eigenvalue weighted by atomic mass is 32.1. The first-order valence-corrected chi connectivity index (χ1v) is 14.2. The van der Waals surface area contributed by atoms with Crippen LogP contribution in [-0.4, -0.2) is 27.2 Å². The number of rotatable bonds is 1. The summed E-state index contributed by atoms with van der Waals surface area (Å²) in [4.78, 5) is 27.1. The highest BCUT2D eigenvalue weighted by molar-refractivity contribution is 7.81. The van der Waals surface area contributed by atoms with Gasteiger partial charge in [0.1, 0.15) is 5.76 Å². The van der Waals surface area contributed by atoms with Crippen LogP contribution in [0.1, 0.15) is 80.6 Å². The molecule has 0 radical (unpaired) electrons. The van der Waals surface area contributed by atoms with Crippen molar-refractivity contribution in [2.75, 3.05) is 0 Å². The summed E-state index contributed by atoms with van der Waals surface area (Å²) in [6.07, 6.45) is 9.55. The summed E-state index contributed by atoms with van der Waals surface area (Å²) in [5, 5.41) is 31.0. The summed E-state index contributed by atoms with van der Waals surface area (Å²) < 4.78 is 0. The molecule has 0 aromatic heterocycles. The highest BCUT2D eigenvalue weighted by Gasteiger charge is 2.70. The molecule has 8 atom stereocenters. The van der Waals surface area contributed by atoms with Crippen LogP contribution in [0.4, 0.5) is 0 Å². The third-order valence-corrected chi connectivity index (χ3v) is 12.9. The Bertz CT molecular complexity index is 1240. The van der Waals surface area contributed by atoms with E-state index in [1.807, 2.05) is 26.0 Å². The molecular formula is C31H41NO4S. The number of ketones is 1. The third kappa shape index (κ3) is 2.98. The Labute approximate surface area is 226 Å². The standard InChI is InChI=1S/C31H41NO4S/c1-26(2)10-12-31(25(35)36)13-11-29(6)22(18(31)15-26)19(33)14-21-28(29,5)9-8-20-27(3,4)23(34)17(16-32)24(37)30(20,21)7/h11,13-14,18,20,22,24,34,37H,8-10,12,15H2,1-7H3,(H,35,36)/t18-,20-,22-,24-,28+,29+,30-,31-/m0/s1. The molecule has 2 N–H and O–H groups in total. The number of nitrogens with zero attached hydrogens (tertiary/aromatic N) is 1. The van der Waals surface area contributed by atoms with Gasteiger partial charge in [0.15, 0.2) is 5.78 Å². The van der Waals surface area contributed by atoms with Crippen LogP contribution in [-0.2, 0) is 9.59 Å². The van der Waals surface area contributed by atoms with E-state index >= 15 is 0 Å². The van der Waals surface area contributed by atoms with Crippen LogP contribution in [0.25, 0.3) is 0 Å². The summed E-state index contributed by atoms with van der Waals surface area (Å²) in [6.45, 7) is 14.9. The number of carbonyl (C=O) groups excluding carboxylic acids is 1. The Kier molecular flexibility index (Phi) is 5.43. The van der Waals surface area contributed by atoms with E-state index in [1.54, 1.807) is 0 Å². The first kappa shape index (κ1) is 26.6. The first-order valence-electron chi connectivity index (χ1n) is 13.7. The van der Waals surface area contributed by atoms with Gasteiger partial charge in [-0.05, 0) is 60.8 Å². The maximum atomic E-state index is 14.3. The van der Waals surface area contributed by atoms with Crippen molar-refractivity contribution in [3.63, 3.8) is 0 Å². The number of nitriles is 1. The fraction of sp³-hybridized carbons (Fsp3) is 0.710. The number of hydrogen-bond donors (Lipinski definition) is 3. The minimum atomic E-state index is -1.01. The predicted molar refractivity (Wildman–Crippen MR) is 146 cm³/mol. The first-order chi connectivity index (χ1) is 16.9. The van der Waals surface area contributed by atoms with Crippen LogP contribution in [0.3, 0.4) is 0 Å². The predicted octanol–water partition coefficient (Wildman–Crippen LogP) is 6.68. The smallest absolute Gasteiger partial charge is 0.313 e. The summed E-state index contributed by atoms with van der Waals surface area (Å²) in [7, 11) is 0. The monoisotopic (exact) mass is 523 g/mol. The number of hydrogen-bond acceptors (Lipinski definition) is 5. The van der Waals surface area contributed by atoms with Crippen molar-refractivity contribution in [3.8, 4) is 6.07 Å². The number of allylic oxidation sites excluding steroid dienone is 4. The number of carbonyl (C=O) groups is 2. The summed E-state index contributed by atoms with van der Waals surface area (Å²) in [5.74, 6) is -1.39. The second-order valence-corrected chi connectivity index (χ2v) is 15.1. The maximum Gasteiger partial charge on any atom is 0.313 e. The van der Waals surface area contributed by atoms with Crippen LogP contribution in [0, 0.1) is 61.6 Å². The van der Waals surface area contributed by atoms with Crippen molar-refractivity contribution in [3.05, 3.63) is 35.1 Å². The van der Waals surface area contributed by atoms with Gasteiger partial charge in [0, 0.05) is 27.4 Å². The second kappa shape index (κ2) is 7.56. The van der Waals surface area contributed by atoms with Crippen LogP contribution in [0.5, 0.6) is 0 Å². The van der Waals surface area contributed by atoms with Crippen LogP contribution in [0.15, 0.2) is 35.1 Å². The zero-order valence-electron chi connectivity index (χ0n) is 23.2. The number of aliphatic carboxylic acids is 1. The molecule has 0 unspecified atom stereocenters. The van der Waals surface area contributed by atoms with Gasteiger partial charge in [0.25, 0.3) is 0 Å². The van der Waals surface area contributed by atoms with Gasteiger partial charge in [0.2, 0.25) is 0 Å². The van der Waals surface area contributed by atoms with Gasteiger partial charge in [-0.25, -0.2) is 0 Å². The van der Waals surface area contributed by atoms with E-state index in [-0.39, 0.29) is 34.4 Å². The molecular weight excluding hydrogens is 482 g/mol. The molecule has 200 valence electrons. The lowest BCUT2D eigenvalue weighted by atomic mass is 9.35. The Morgan fingerprint density at radius 2 is 1.73 bits per heavy atom. The number of carboxylic acids is 1. The summed E-state index contributed by atoms with van der Waals surface area (Å²) >= 11 is 4.96. The number of aliphatic hydroxyl groups excluding tert-OH is 1. The second-order valence-electron chi connectivity index (χ2n) is 14.6. The van der Waals surface area contributed by atoms with Crippen molar-refractivity contribution in [2.45, 2.75) is 85.8 Å². The molecule has 0 amide bonds. The Hall–Kier alpha value is -2.00. The fourth-order valence-electron chi connectivity index (χ4n) is 9.69. The lowest BCUT2D eigenvalue weighted by Crippen LogP contribution is -2.65. The van der Waals surface area contributed by atoms with Crippen molar-refractivity contribution < 1.29 is 19.8 Å². The molecule has 0 saturated heterocycles. The molecule has 0 aliphatic heterocycles. The SMILES string of the molecule is CC1(C)CC[C@]2(C(=O)O)C=C[C@]3(C)[C@H](C(=O)C=C4[C@@]5(C)[C@@H](S)C(C#N)=C(O)C(C)(C)[C@@H]5CC[C@]43C)[C@@H]2C1. The molecule has 6 heteroatoms. The largest absolute Gasteiger partial charge is 0.511 e. The molecule has 0 aromatic carbocycles. The van der Waals surface area contributed by atoms with Gasteiger partial charge in [-0.3, -0.25) is 9.59 Å². The Balaban J connectivity index is 1.74. The van der Waals surface area contributed by atoms with Gasteiger partial charge < -0.3 is 10.2 Å². The van der Waals surface area contributed by atoms with Gasteiger partial charge in [-0.2, -0.15) is 17.9 Å². The van der Waals surface area contributed by atoms with Crippen LogP contribution >= 0.6 is 12.6 Å². The number of thiol groups is 1. The van der Waals surface area contributed by atoms with Gasteiger partial charge in [-0.15, -0.1) is 0 Å². The summed E-state index contributed by atoms with van der Waals surface area (Å²) in [5.41, 5.74) is -1.96. The van der Waals surface area contributed by atoms with E-state index < -0.39 is 44.2 Å². The van der Waals surface area contributed by atoms with Crippen LogP contribution < -0.4 is 0 Å². The average Bonchev–Trinajstić information content (AvgIpc) is 2.79. The lowest BCUT2D eigenvalue weighted by molar-refractivity contribution is -0.165. The molecule has 5 nitrogen and oxygen atoms in total. The van der Waals surface area contributed by atoms with E-state index in [0.29, 0.717) is 12.8 Å². The quantitative estimate of drug-likeness (QED) is 0.263. The highest BCUT2D eigenvalue weighted by Crippen LogP contribution is 2.74. The fourth-order valence-corrected chi connectivity index (χ4v) is 10.2. The molecule has 0 bridgehead atoms. The number of carboxylic acid groups (broad SMARTS) is 1. The molecule has 0 heterocycles. The van der Waals surface area contributed by atoms with E-state index in [4.69, 9.17) is 12.6 Å². The Morgan fingerprint density at radius 3 is 2.32 bits per heavy atom. The topological polar surface area (TPSA) is 98.4 Å². The molecule has 5 aliphatic rings. The molecule has 0 aromatic rings. The van der Waals surface area contributed by atoms with Gasteiger partial charge >= 0.3 is 5.97 Å². The zero-order chi connectivity index (χ0) is 27.6. The minimum Gasteiger partial charge on any atom is -0.511 e. The van der Waals surface area contributed by atoms with Gasteiger partial charge in [0.05, 0.1) is 17.1 Å². The molecule has 0 spiro atoms. The normalized spacial score (nSPS) is 47.5. The Morgan fingerprint density at radius 1 is 1.08 bits per heavy atom. The lowest BCUT2D eigenvalue weighted by Gasteiger charge is -2.68. The van der Waals surface area contributed by atoms with E-state index in [1.165, 1.54) is 0 Å². The van der Waals surface area contributed by atoms with E-state index in [9.17, 15) is 25.1 Å². The van der Waals surface area contributed by atoms with Crippen molar-refractivity contribution >= 4 is 24.4 Å². The average molecular weight is 524 g/mol. The summed E-state index contributed by atoms with van der Waals surface area (Å²) in [6, 6.07) is 2.23. The molecule has 37 heavy (non-hydrogen) atoms. The molecule has 5 aliphatic carbocycles. The third-order valence-electron chi connectivity index (χ3n) is 12.1. The van der Waals surface area contributed by atoms with E-state index in [0.717, 1.165) is 24.8 Å². The van der Waals surface area contributed by atoms with Crippen LogP contribution in [0.2, 0.25) is 0 Å². The number of aliphatic hydroxyl groups is 1. The van der Waals surface area contributed by atoms with Gasteiger partial charge in [-0.1, -0.05) is 66.2 Å². The molecule has 2 saturated carbocycles. The molecule has 5 rings (SSSR count). The molecule has 2 fully saturated rings. The maximum absolute atomic E-state index is 14.3. The zero-order valence-corrected chi connectivity index (χ0v) is 24.1. The van der Waals surface area contributed by atoms with E-state index in [2.05, 4.69) is 46.8 Å². The number of fused-ring (bicyclic) bond motifs is 7. The van der Waals surface area contributed by atoms with Crippen molar-refractivity contribution in [1.82, 2.24) is 0 Å². The minimum absolute atomic E-state index is 0.00477.